The minimum absolute atomic E-state index is 0.102. The van der Waals surface area contributed by atoms with Crippen LogP contribution in [0.15, 0.2) is 60.7 Å². The summed E-state index contributed by atoms with van der Waals surface area (Å²) in [7, 11) is 0. The van der Waals surface area contributed by atoms with Gasteiger partial charge < -0.3 is 24.9 Å². The SMILES string of the molecule is C[C@@H]1CC2(CCN(c3ccc(C(=O)N4CCC(CN5CCN(c6cc(NC7CCC(=O)NC7=O)ccc6F)CC5)CC4)cc3)CC2)CN1c1ccc(C#N)c(Cl)c1. The Balaban J connectivity index is 0.770. The molecule has 1 unspecified atom stereocenters. The molecule has 1 spiro atoms. The number of likely N-dealkylation sites (tertiary alicyclic amines) is 1. The number of hydrogen-bond acceptors (Lipinski definition) is 9. The number of benzene rings is 3. The molecular formula is C44H52ClFN8O3. The van der Waals surface area contributed by atoms with E-state index in [2.05, 4.69) is 55.4 Å². The summed E-state index contributed by atoms with van der Waals surface area (Å²) in [5.74, 6) is -0.285. The van der Waals surface area contributed by atoms with E-state index in [9.17, 15) is 24.0 Å². The number of hydrogen-bond donors (Lipinski definition) is 2. The van der Waals surface area contributed by atoms with E-state index in [1.54, 1.807) is 12.1 Å². The monoisotopic (exact) mass is 794 g/mol. The van der Waals surface area contributed by atoms with Crippen molar-refractivity contribution in [2.75, 3.05) is 85.5 Å². The quantitative estimate of drug-likeness (QED) is 0.260. The van der Waals surface area contributed by atoms with Crippen LogP contribution < -0.4 is 25.3 Å². The number of piperazine rings is 1. The van der Waals surface area contributed by atoms with Crippen LogP contribution in [-0.2, 0) is 9.59 Å². The average Bonchev–Trinajstić information content (AvgIpc) is 3.55. The van der Waals surface area contributed by atoms with Gasteiger partial charge >= 0.3 is 0 Å². The van der Waals surface area contributed by atoms with Gasteiger partial charge in [-0.15, -0.1) is 0 Å². The Morgan fingerprint density at radius 2 is 1.63 bits per heavy atom. The molecule has 0 bridgehead atoms. The molecule has 0 aliphatic carbocycles. The third-order valence-electron chi connectivity index (χ3n) is 13.1. The van der Waals surface area contributed by atoms with Gasteiger partial charge in [0, 0.05) is 101 Å². The molecule has 3 amide bonds. The fourth-order valence-corrected chi connectivity index (χ4v) is 9.99. The zero-order valence-corrected chi connectivity index (χ0v) is 33.4. The Kier molecular flexibility index (Phi) is 11.3. The first kappa shape index (κ1) is 39.0. The normalized spacial score (nSPS) is 23.1. The van der Waals surface area contributed by atoms with Crippen molar-refractivity contribution >= 4 is 52.1 Å². The molecule has 0 radical (unpaired) electrons. The van der Waals surface area contributed by atoms with Crippen LogP contribution in [0, 0.1) is 28.5 Å². The number of halogens is 2. The van der Waals surface area contributed by atoms with Gasteiger partial charge in [0.1, 0.15) is 17.9 Å². The molecule has 0 saturated carbocycles. The van der Waals surface area contributed by atoms with Crippen LogP contribution in [0.25, 0.3) is 0 Å². The molecule has 5 fully saturated rings. The molecule has 8 rings (SSSR count). The van der Waals surface area contributed by atoms with E-state index in [1.165, 1.54) is 11.8 Å². The van der Waals surface area contributed by atoms with Gasteiger partial charge in [0.25, 0.3) is 5.91 Å². The molecule has 11 nitrogen and oxygen atoms in total. The van der Waals surface area contributed by atoms with Crippen LogP contribution >= 0.6 is 11.6 Å². The molecule has 3 aromatic carbocycles. The standard InChI is InChI=1S/C44H52ClFN8O3/c1-30-26-44(29-54(30)36-8-4-33(27-47)37(45)25-36)14-18-51(19-15-44)35-6-2-32(3-7-35)43(57)53-16-12-31(13-17-53)28-50-20-22-52(23-21-50)40-24-34(5-9-38(40)46)48-39-10-11-41(55)49-42(39)56/h2-9,24-25,30-31,39,48H,10-23,26,28-29H2,1H3,(H,49,55,56)/t30-,39?/m1/s1. The van der Waals surface area contributed by atoms with Crippen molar-refractivity contribution in [3.63, 3.8) is 0 Å². The number of rotatable bonds is 8. The van der Waals surface area contributed by atoms with Crippen LogP contribution in [-0.4, -0.2) is 105 Å². The second-order valence-corrected chi connectivity index (χ2v) is 17.2. The maximum Gasteiger partial charge on any atom is 0.253 e. The molecule has 5 saturated heterocycles. The summed E-state index contributed by atoms with van der Waals surface area (Å²) in [4.78, 5) is 48.7. The van der Waals surface area contributed by atoms with Gasteiger partial charge in [-0.25, -0.2) is 4.39 Å². The highest BCUT2D eigenvalue weighted by atomic mass is 35.5. The Morgan fingerprint density at radius 1 is 0.912 bits per heavy atom. The number of carbonyl (C=O) groups excluding carboxylic acids is 3. The Labute approximate surface area is 339 Å². The van der Waals surface area contributed by atoms with E-state index >= 15 is 0 Å². The Morgan fingerprint density at radius 3 is 2.32 bits per heavy atom. The van der Waals surface area contributed by atoms with Crippen LogP contribution in [0.5, 0.6) is 0 Å². The van der Waals surface area contributed by atoms with E-state index in [0.717, 1.165) is 95.7 Å². The highest BCUT2D eigenvalue weighted by Crippen LogP contribution is 2.46. The summed E-state index contributed by atoms with van der Waals surface area (Å²) >= 11 is 6.38. The topological polar surface area (TPSA) is 115 Å². The maximum absolute atomic E-state index is 15.0. The lowest BCUT2D eigenvalue weighted by atomic mass is 9.76. The minimum atomic E-state index is -0.516. The molecular weight excluding hydrogens is 743 g/mol. The molecule has 300 valence electrons. The molecule has 13 heteroatoms. The first-order valence-corrected chi connectivity index (χ1v) is 20.9. The molecule has 5 aliphatic heterocycles. The van der Waals surface area contributed by atoms with Crippen molar-refractivity contribution in [1.82, 2.24) is 15.1 Å². The first-order chi connectivity index (χ1) is 27.6. The summed E-state index contributed by atoms with van der Waals surface area (Å²) in [5, 5.41) is 15.3. The Bertz CT molecular complexity index is 2020. The third-order valence-corrected chi connectivity index (χ3v) is 13.4. The zero-order valence-electron chi connectivity index (χ0n) is 32.7. The van der Waals surface area contributed by atoms with E-state index in [0.29, 0.717) is 53.4 Å². The number of carbonyl (C=O) groups is 3. The van der Waals surface area contributed by atoms with Crippen molar-refractivity contribution in [1.29, 1.82) is 5.26 Å². The van der Waals surface area contributed by atoms with Crippen molar-refractivity contribution in [3.05, 3.63) is 82.6 Å². The number of nitriles is 1. The summed E-state index contributed by atoms with van der Waals surface area (Å²) in [5.41, 5.74) is 4.96. The maximum atomic E-state index is 15.0. The molecule has 5 heterocycles. The largest absolute Gasteiger partial charge is 0.374 e. The van der Waals surface area contributed by atoms with E-state index in [4.69, 9.17) is 11.6 Å². The second kappa shape index (κ2) is 16.5. The Hall–Kier alpha value is -4.86. The van der Waals surface area contributed by atoms with Crippen molar-refractivity contribution < 1.29 is 18.8 Å². The number of piperidine rings is 3. The molecule has 2 N–H and O–H groups in total. The predicted molar refractivity (Wildman–Crippen MR) is 221 cm³/mol. The molecule has 0 aromatic heterocycles. The van der Waals surface area contributed by atoms with Crippen molar-refractivity contribution in [2.24, 2.45) is 11.3 Å². The molecule has 3 aromatic rings. The van der Waals surface area contributed by atoms with Gasteiger partial charge in [-0.05, 0) is 117 Å². The first-order valence-electron chi connectivity index (χ1n) is 20.5. The number of imide groups is 1. The summed E-state index contributed by atoms with van der Waals surface area (Å²) in [6.07, 6.45) is 6.00. The lowest BCUT2D eigenvalue weighted by Gasteiger charge is -2.40. The zero-order chi connectivity index (χ0) is 39.7. The fraction of sp³-hybridized carbons (Fsp3) is 0.500. The molecule has 5 aliphatic rings. The highest BCUT2D eigenvalue weighted by Gasteiger charge is 2.44. The van der Waals surface area contributed by atoms with Gasteiger partial charge in [-0.2, -0.15) is 5.26 Å². The molecule has 2 atom stereocenters. The van der Waals surface area contributed by atoms with Crippen molar-refractivity contribution in [3.8, 4) is 6.07 Å². The van der Waals surface area contributed by atoms with Crippen LogP contribution in [0.1, 0.15) is 67.8 Å². The third kappa shape index (κ3) is 8.56. The van der Waals surface area contributed by atoms with E-state index in [-0.39, 0.29) is 35.4 Å². The summed E-state index contributed by atoms with van der Waals surface area (Å²) in [6, 6.07) is 20.9. The van der Waals surface area contributed by atoms with Gasteiger partial charge in [0.15, 0.2) is 0 Å². The lowest BCUT2D eigenvalue weighted by Crippen LogP contribution is -2.49. The minimum Gasteiger partial charge on any atom is -0.374 e. The van der Waals surface area contributed by atoms with E-state index in [1.807, 2.05) is 35.2 Å². The van der Waals surface area contributed by atoms with Gasteiger partial charge in [0.2, 0.25) is 11.8 Å². The summed E-state index contributed by atoms with van der Waals surface area (Å²) < 4.78 is 15.0. The van der Waals surface area contributed by atoms with E-state index < -0.39 is 6.04 Å². The predicted octanol–water partition coefficient (Wildman–Crippen LogP) is 6.13. The number of amides is 3. The number of nitrogens with one attached hydrogen (secondary N) is 2. The second-order valence-electron chi connectivity index (χ2n) is 16.8. The van der Waals surface area contributed by atoms with Crippen molar-refractivity contribution in [2.45, 2.75) is 64.0 Å². The average molecular weight is 795 g/mol. The smallest absolute Gasteiger partial charge is 0.253 e. The highest BCUT2D eigenvalue weighted by molar-refractivity contribution is 6.32. The summed E-state index contributed by atoms with van der Waals surface area (Å²) in [6.45, 7) is 10.8. The van der Waals surface area contributed by atoms with Gasteiger partial charge in [-0.3, -0.25) is 24.6 Å². The van der Waals surface area contributed by atoms with Gasteiger partial charge in [0.05, 0.1) is 16.3 Å². The number of anilines is 4. The van der Waals surface area contributed by atoms with Crippen LogP contribution in [0.2, 0.25) is 5.02 Å². The van der Waals surface area contributed by atoms with Crippen LogP contribution in [0.3, 0.4) is 0 Å². The fourth-order valence-electron chi connectivity index (χ4n) is 9.77. The number of nitrogens with zero attached hydrogens (tertiary/aromatic N) is 6. The molecule has 57 heavy (non-hydrogen) atoms. The van der Waals surface area contributed by atoms with Gasteiger partial charge in [-0.1, -0.05) is 11.6 Å². The lowest BCUT2D eigenvalue weighted by molar-refractivity contribution is -0.133. The van der Waals surface area contributed by atoms with Crippen LogP contribution in [0.4, 0.5) is 27.1 Å².